The molecule has 2 rings (SSSR count). The van der Waals surface area contributed by atoms with Crippen LogP contribution in [0.15, 0.2) is 16.9 Å². The molecule has 1 aromatic rings. The number of aliphatic hydroxyl groups excluding tert-OH is 1. The first-order valence-electron chi connectivity index (χ1n) is 6.84. The summed E-state index contributed by atoms with van der Waals surface area (Å²) < 4.78 is 4.61. The maximum atomic E-state index is 11.5. The molecule has 1 unspecified atom stereocenters. The number of aromatic nitrogens is 1. The first-order chi connectivity index (χ1) is 9.31. The predicted molar refractivity (Wildman–Crippen MR) is 69.8 cm³/mol. The summed E-state index contributed by atoms with van der Waals surface area (Å²) in [6.45, 7) is 2.97. The van der Waals surface area contributed by atoms with Crippen molar-refractivity contribution in [2.45, 2.75) is 31.7 Å². The Labute approximate surface area is 112 Å². The van der Waals surface area contributed by atoms with Gasteiger partial charge in [-0.15, -0.1) is 0 Å². The summed E-state index contributed by atoms with van der Waals surface area (Å²) in [7, 11) is 0. The normalized spacial score (nSPS) is 19.7. The van der Waals surface area contributed by atoms with E-state index in [-0.39, 0.29) is 12.5 Å². The number of nitrogens with one attached hydrogen (secondary N) is 1. The van der Waals surface area contributed by atoms with Gasteiger partial charge in [0.1, 0.15) is 6.26 Å². The molecule has 106 valence electrons. The van der Waals surface area contributed by atoms with E-state index in [9.17, 15) is 9.90 Å². The van der Waals surface area contributed by atoms with Crippen molar-refractivity contribution < 1.29 is 14.4 Å². The molecule has 0 saturated carbocycles. The number of carbonyl (C=O) groups is 1. The fraction of sp³-hybridized carbons (Fsp3) is 0.692. The maximum absolute atomic E-state index is 11.5. The fourth-order valence-electron chi connectivity index (χ4n) is 2.46. The van der Waals surface area contributed by atoms with Gasteiger partial charge >= 0.3 is 0 Å². The maximum Gasteiger partial charge on any atom is 0.273 e. The lowest BCUT2D eigenvalue weighted by Gasteiger charge is -2.22. The summed E-state index contributed by atoms with van der Waals surface area (Å²) >= 11 is 0. The van der Waals surface area contributed by atoms with Crippen molar-refractivity contribution in [3.05, 3.63) is 18.0 Å². The Morgan fingerprint density at radius 2 is 2.47 bits per heavy atom. The molecule has 1 fully saturated rings. The molecule has 0 aliphatic carbocycles. The fourth-order valence-corrected chi connectivity index (χ4v) is 2.46. The standard InChI is InChI=1S/C13H21N3O3/c17-10-11-4-3-8-16(11)7-2-1-6-14-13(18)12-5-9-19-15-12/h5,9,11,17H,1-4,6-8,10H2,(H,14,18). The zero-order chi connectivity index (χ0) is 13.5. The van der Waals surface area contributed by atoms with Crippen LogP contribution in [0, 0.1) is 0 Å². The molecule has 2 N–H and O–H groups in total. The van der Waals surface area contributed by atoms with Gasteiger partial charge in [-0.05, 0) is 38.8 Å². The first-order valence-corrected chi connectivity index (χ1v) is 6.84. The second-order valence-corrected chi connectivity index (χ2v) is 4.86. The molecule has 1 amide bonds. The number of hydrogen-bond acceptors (Lipinski definition) is 5. The van der Waals surface area contributed by atoms with E-state index in [0.717, 1.165) is 32.4 Å². The summed E-state index contributed by atoms with van der Waals surface area (Å²) in [6.07, 6.45) is 5.61. The smallest absolute Gasteiger partial charge is 0.273 e. The van der Waals surface area contributed by atoms with Crippen molar-refractivity contribution in [1.82, 2.24) is 15.4 Å². The minimum absolute atomic E-state index is 0.192. The van der Waals surface area contributed by atoms with Crippen molar-refractivity contribution in [3.63, 3.8) is 0 Å². The zero-order valence-electron chi connectivity index (χ0n) is 11.0. The van der Waals surface area contributed by atoms with E-state index in [1.165, 1.54) is 12.7 Å². The highest BCUT2D eigenvalue weighted by molar-refractivity contribution is 5.91. The van der Waals surface area contributed by atoms with Gasteiger partial charge in [0, 0.05) is 18.7 Å². The summed E-state index contributed by atoms with van der Waals surface area (Å²) in [5.74, 6) is -0.192. The number of amides is 1. The monoisotopic (exact) mass is 267 g/mol. The Kier molecular flexibility index (Phi) is 5.35. The first kappa shape index (κ1) is 14.0. The van der Waals surface area contributed by atoms with Crippen LogP contribution < -0.4 is 5.32 Å². The third-order valence-electron chi connectivity index (χ3n) is 3.54. The number of likely N-dealkylation sites (tertiary alicyclic amines) is 1. The second kappa shape index (κ2) is 7.25. The molecular formula is C13H21N3O3. The van der Waals surface area contributed by atoms with Crippen molar-refractivity contribution >= 4 is 5.91 Å². The van der Waals surface area contributed by atoms with E-state index in [1.54, 1.807) is 6.07 Å². The third kappa shape index (κ3) is 4.04. The molecule has 1 aliphatic heterocycles. The van der Waals surface area contributed by atoms with Crippen LogP contribution in [0.2, 0.25) is 0 Å². The Morgan fingerprint density at radius 3 is 3.21 bits per heavy atom. The number of aliphatic hydroxyl groups is 1. The Hall–Kier alpha value is -1.40. The van der Waals surface area contributed by atoms with Crippen LogP contribution in [0.4, 0.5) is 0 Å². The highest BCUT2D eigenvalue weighted by atomic mass is 16.5. The Bertz CT molecular complexity index is 380. The van der Waals surface area contributed by atoms with Crippen LogP contribution in [0.25, 0.3) is 0 Å². The van der Waals surface area contributed by atoms with Gasteiger partial charge in [0.25, 0.3) is 5.91 Å². The molecule has 6 heteroatoms. The van der Waals surface area contributed by atoms with E-state index < -0.39 is 0 Å². The van der Waals surface area contributed by atoms with Crippen LogP contribution >= 0.6 is 0 Å². The molecule has 2 heterocycles. The minimum atomic E-state index is -0.192. The predicted octanol–water partition coefficient (Wildman–Crippen LogP) is 0.641. The van der Waals surface area contributed by atoms with E-state index in [4.69, 9.17) is 0 Å². The van der Waals surface area contributed by atoms with Gasteiger partial charge < -0.3 is 14.9 Å². The van der Waals surface area contributed by atoms with Gasteiger partial charge in [0.15, 0.2) is 5.69 Å². The zero-order valence-corrected chi connectivity index (χ0v) is 11.0. The number of hydrogen-bond donors (Lipinski definition) is 2. The molecule has 0 spiro atoms. The lowest BCUT2D eigenvalue weighted by Crippen LogP contribution is -2.33. The lowest BCUT2D eigenvalue weighted by molar-refractivity contribution is 0.0943. The lowest BCUT2D eigenvalue weighted by atomic mass is 10.2. The van der Waals surface area contributed by atoms with Crippen molar-refractivity contribution in [2.24, 2.45) is 0 Å². The number of rotatable bonds is 7. The van der Waals surface area contributed by atoms with Crippen LogP contribution in [0.1, 0.15) is 36.2 Å². The quantitative estimate of drug-likeness (QED) is 0.709. The second-order valence-electron chi connectivity index (χ2n) is 4.86. The minimum Gasteiger partial charge on any atom is -0.395 e. The Morgan fingerprint density at radius 1 is 1.58 bits per heavy atom. The van der Waals surface area contributed by atoms with Crippen LogP contribution in [0.3, 0.4) is 0 Å². The number of unbranched alkanes of at least 4 members (excludes halogenated alkanes) is 1. The van der Waals surface area contributed by atoms with Crippen LogP contribution in [-0.4, -0.2) is 53.4 Å². The van der Waals surface area contributed by atoms with Gasteiger partial charge in [-0.25, -0.2) is 0 Å². The molecule has 19 heavy (non-hydrogen) atoms. The van der Waals surface area contributed by atoms with Crippen LogP contribution in [0.5, 0.6) is 0 Å². The van der Waals surface area contributed by atoms with Gasteiger partial charge in [-0.1, -0.05) is 5.16 Å². The topological polar surface area (TPSA) is 78.6 Å². The largest absolute Gasteiger partial charge is 0.395 e. The molecule has 1 saturated heterocycles. The highest BCUT2D eigenvalue weighted by Crippen LogP contribution is 2.16. The van der Waals surface area contributed by atoms with Crippen LogP contribution in [-0.2, 0) is 0 Å². The van der Waals surface area contributed by atoms with E-state index >= 15 is 0 Å². The average Bonchev–Trinajstić information content (AvgIpc) is 3.09. The van der Waals surface area contributed by atoms with Gasteiger partial charge in [-0.2, -0.15) is 0 Å². The summed E-state index contributed by atoms with van der Waals surface area (Å²) in [6, 6.07) is 1.88. The summed E-state index contributed by atoms with van der Waals surface area (Å²) in [5, 5.41) is 15.6. The SMILES string of the molecule is O=C(NCCCCN1CCCC1CO)c1ccon1. The van der Waals surface area contributed by atoms with E-state index in [1.807, 2.05) is 0 Å². The van der Waals surface area contributed by atoms with Gasteiger partial charge in [0.05, 0.1) is 6.61 Å². The molecule has 1 aliphatic rings. The number of carbonyl (C=O) groups excluding carboxylic acids is 1. The van der Waals surface area contributed by atoms with Gasteiger partial charge in [-0.3, -0.25) is 9.69 Å². The van der Waals surface area contributed by atoms with Gasteiger partial charge in [0.2, 0.25) is 0 Å². The molecule has 0 aromatic carbocycles. The molecule has 1 aromatic heterocycles. The molecular weight excluding hydrogens is 246 g/mol. The molecule has 1 atom stereocenters. The molecule has 6 nitrogen and oxygen atoms in total. The van der Waals surface area contributed by atoms with Crippen molar-refractivity contribution in [2.75, 3.05) is 26.2 Å². The van der Waals surface area contributed by atoms with Crippen molar-refractivity contribution in [1.29, 1.82) is 0 Å². The van der Waals surface area contributed by atoms with E-state index in [2.05, 4.69) is 19.9 Å². The Balaban J connectivity index is 1.56. The van der Waals surface area contributed by atoms with Crippen molar-refractivity contribution in [3.8, 4) is 0 Å². The molecule has 0 bridgehead atoms. The number of nitrogens with zero attached hydrogens (tertiary/aromatic N) is 2. The summed E-state index contributed by atoms with van der Waals surface area (Å²) in [5.41, 5.74) is 0.319. The van der Waals surface area contributed by atoms with E-state index in [0.29, 0.717) is 18.3 Å². The molecule has 0 radical (unpaired) electrons. The summed E-state index contributed by atoms with van der Waals surface area (Å²) in [4.78, 5) is 13.9. The third-order valence-corrected chi connectivity index (χ3v) is 3.54. The average molecular weight is 267 g/mol. The highest BCUT2D eigenvalue weighted by Gasteiger charge is 2.22.